The van der Waals surface area contributed by atoms with E-state index in [0.29, 0.717) is 25.1 Å². The molecule has 0 aromatic heterocycles. The summed E-state index contributed by atoms with van der Waals surface area (Å²) in [6, 6.07) is 3.70. The van der Waals surface area contributed by atoms with Crippen molar-refractivity contribution >= 4 is 23.2 Å². The number of rotatable bonds is 4. The highest BCUT2D eigenvalue weighted by Gasteiger charge is 2.25. The first kappa shape index (κ1) is 14.7. The molecule has 1 aromatic carbocycles. The Kier molecular flexibility index (Phi) is 4.33. The molecular weight excluding hydrogens is 278 g/mol. The van der Waals surface area contributed by atoms with Crippen LogP contribution in [0.1, 0.15) is 23.2 Å². The minimum absolute atomic E-state index is 0.0687. The summed E-state index contributed by atoms with van der Waals surface area (Å²) in [6.45, 7) is 0.313. The molecule has 9 heteroatoms. The van der Waals surface area contributed by atoms with Gasteiger partial charge >= 0.3 is 0 Å². The zero-order valence-corrected chi connectivity index (χ0v) is 11.1. The lowest BCUT2D eigenvalue weighted by Gasteiger charge is -2.23. The van der Waals surface area contributed by atoms with Crippen molar-refractivity contribution in [3.8, 4) is 0 Å². The van der Waals surface area contributed by atoms with Gasteiger partial charge < -0.3 is 16.1 Å². The van der Waals surface area contributed by atoms with Crippen LogP contribution in [-0.4, -0.2) is 29.3 Å². The molecule has 112 valence electrons. The summed E-state index contributed by atoms with van der Waals surface area (Å²) in [7, 11) is 0. The Morgan fingerprint density at radius 1 is 1.48 bits per heavy atom. The van der Waals surface area contributed by atoms with Gasteiger partial charge in [-0.1, -0.05) is 0 Å². The van der Waals surface area contributed by atoms with Crippen molar-refractivity contribution in [1.29, 1.82) is 0 Å². The lowest BCUT2D eigenvalue weighted by molar-refractivity contribution is -0.385. The molecule has 9 nitrogen and oxygen atoms in total. The van der Waals surface area contributed by atoms with Crippen molar-refractivity contribution in [2.24, 2.45) is 5.84 Å². The quantitative estimate of drug-likeness (QED) is 0.347. The lowest BCUT2D eigenvalue weighted by Crippen LogP contribution is -2.47. The van der Waals surface area contributed by atoms with Crippen molar-refractivity contribution in [2.75, 3.05) is 12.0 Å². The van der Waals surface area contributed by atoms with Crippen LogP contribution in [0.15, 0.2) is 18.2 Å². The smallest absolute Gasteiger partial charge is 0.282 e. The van der Waals surface area contributed by atoms with Crippen LogP contribution < -0.4 is 21.9 Å². The van der Waals surface area contributed by atoms with Gasteiger partial charge in [0.1, 0.15) is 5.56 Å². The molecule has 2 amide bonds. The summed E-state index contributed by atoms with van der Waals surface area (Å²) in [5.74, 6) is 4.61. The molecule has 0 spiro atoms. The normalized spacial score (nSPS) is 17.8. The Morgan fingerprint density at radius 3 is 2.81 bits per heavy atom. The van der Waals surface area contributed by atoms with Gasteiger partial charge in [0.15, 0.2) is 0 Å². The Labute approximate surface area is 120 Å². The predicted octanol–water partition coefficient (Wildman–Crippen LogP) is -0.111. The highest BCUT2D eigenvalue weighted by atomic mass is 16.6. The molecule has 0 aliphatic carbocycles. The molecule has 2 rings (SSSR count). The number of hydrogen-bond donors (Lipinski definition) is 4. The topological polar surface area (TPSA) is 139 Å². The molecule has 5 N–H and O–H groups in total. The van der Waals surface area contributed by atoms with E-state index in [4.69, 9.17) is 5.84 Å². The number of nitrogens with two attached hydrogens (primary N) is 1. The summed E-state index contributed by atoms with van der Waals surface area (Å²) in [5.41, 5.74) is 2.35. The van der Waals surface area contributed by atoms with Gasteiger partial charge in [0, 0.05) is 30.8 Å². The summed E-state index contributed by atoms with van der Waals surface area (Å²) < 4.78 is 0. The van der Waals surface area contributed by atoms with E-state index < -0.39 is 10.8 Å². The lowest BCUT2D eigenvalue weighted by atomic mass is 10.1. The Hall–Kier alpha value is -2.68. The second-order valence-electron chi connectivity index (χ2n) is 4.65. The van der Waals surface area contributed by atoms with Crippen LogP contribution in [0, 0.1) is 10.1 Å². The Morgan fingerprint density at radius 2 is 2.24 bits per heavy atom. The molecule has 0 bridgehead atoms. The molecule has 1 aliphatic heterocycles. The van der Waals surface area contributed by atoms with E-state index in [-0.39, 0.29) is 23.2 Å². The molecule has 0 radical (unpaired) electrons. The van der Waals surface area contributed by atoms with E-state index in [2.05, 4.69) is 16.1 Å². The molecule has 1 aliphatic rings. The minimum Gasteiger partial charge on any atom is -0.354 e. The summed E-state index contributed by atoms with van der Waals surface area (Å²) in [5, 5.41) is 16.3. The zero-order valence-electron chi connectivity index (χ0n) is 11.1. The predicted molar refractivity (Wildman–Crippen MR) is 74.4 cm³/mol. The molecule has 1 aromatic rings. The number of nitro groups is 1. The first-order valence-corrected chi connectivity index (χ1v) is 6.34. The third-order valence-electron chi connectivity index (χ3n) is 3.21. The van der Waals surface area contributed by atoms with E-state index in [1.807, 2.05) is 0 Å². The Bertz CT molecular complexity index is 579. The van der Waals surface area contributed by atoms with Crippen LogP contribution in [0.3, 0.4) is 0 Å². The third kappa shape index (κ3) is 3.45. The number of nitrogen functional groups attached to an aromatic ring is 1. The van der Waals surface area contributed by atoms with Crippen LogP contribution in [0.5, 0.6) is 0 Å². The number of amides is 2. The molecule has 1 atom stereocenters. The number of nitro benzene ring substituents is 1. The number of benzene rings is 1. The maximum atomic E-state index is 12.2. The standard InChI is InChI=1S/C12H15N5O4/c13-16-7-1-3-10(17(20)21)9(5-7)12(19)15-8-2-4-11(18)14-6-8/h1,3,5,8,16H,2,4,6,13H2,(H,14,18)(H,15,19). The molecular formula is C12H15N5O4. The number of nitrogens with zero attached hydrogens (tertiary/aromatic N) is 1. The second kappa shape index (κ2) is 6.18. The number of nitrogens with one attached hydrogen (secondary N) is 3. The fourth-order valence-electron chi connectivity index (χ4n) is 2.09. The van der Waals surface area contributed by atoms with E-state index in [9.17, 15) is 19.7 Å². The highest BCUT2D eigenvalue weighted by molar-refractivity contribution is 5.99. The first-order chi connectivity index (χ1) is 10.0. The maximum absolute atomic E-state index is 12.2. The number of carbonyl (C=O) groups is 2. The van der Waals surface area contributed by atoms with Crippen LogP contribution in [0.2, 0.25) is 0 Å². The van der Waals surface area contributed by atoms with Gasteiger partial charge in [0.2, 0.25) is 5.91 Å². The monoisotopic (exact) mass is 293 g/mol. The highest BCUT2D eigenvalue weighted by Crippen LogP contribution is 2.22. The van der Waals surface area contributed by atoms with Gasteiger partial charge in [-0.05, 0) is 18.6 Å². The van der Waals surface area contributed by atoms with Crippen molar-refractivity contribution in [3.63, 3.8) is 0 Å². The first-order valence-electron chi connectivity index (χ1n) is 6.34. The molecule has 0 saturated carbocycles. The summed E-state index contributed by atoms with van der Waals surface area (Å²) in [4.78, 5) is 33.6. The molecule has 1 fully saturated rings. The second-order valence-corrected chi connectivity index (χ2v) is 4.65. The molecule has 1 saturated heterocycles. The van der Waals surface area contributed by atoms with Crippen LogP contribution >= 0.6 is 0 Å². The fourth-order valence-corrected chi connectivity index (χ4v) is 2.09. The van der Waals surface area contributed by atoms with Crippen molar-refractivity contribution in [1.82, 2.24) is 10.6 Å². The summed E-state index contributed by atoms with van der Waals surface area (Å²) >= 11 is 0. The van der Waals surface area contributed by atoms with Crippen molar-refractivity contribution in [3.05, 3.63) is 33.9 Å². The molecule has 1 heterocycles. The van der Waals surface area contributed by atoms with Gasteiger partial charge in [0.25, 0.3) is 11.6 Å². The van der Waals surface area contributed by atoms with Crippen molar-refractivity contribution in [2.45, 2.75) is 18.9 Å². The molecule has 1 unspecified atom stereocenters. The van der Waals surface area contributed by atoms with E-state index in [1.54, 1.807) is 0 Å². The average molecular weight is 293 g/mol. The van der Waals surface area contributed by atoms with Gasteiger partial charge in [0.05, 0.1) is 4.92 Å². The Balaban J connectivity index is 2.17. The fraction of sp³-hybridized carbons (Fsp3) is 0.333. The minimum atomic E-state index is -0.627. The van der Waals surface area contributed by atoms with Gasteiger partial charge in [-0.25, -0.2) is 0 Å². The van der Waals surface area contributed by atoms with Gasteiger partial charge in [-0.2, -0.15) is 0 Å². The average Bonchev–Trinajstić information content (AvgIpc) is 2.48. The van der Waals surface area contributed by atoms with Gasteiger partial charge in [-0.15, -0.1) is 0 Å². The van der Waals surface area contributed by atoms with Gasteiger partial charge in [-0.3, -0.25) is 25.5 Å². The zero-order chi connectivity index (χ0) is 15.4. The molecule has 21 heavy (non-hydrogen) atoms. The summed E-state index contributed by atoms with van der Waals surface area (Å²) in [6.07, 6.45) is 0.817. The number of anilines is 1. The maximum Gasteiger partial charge on any atom is 0.282 e. The van der Waals surface area contributed by atoms with E-state index in [0.717, 1.165) is 0 Å². The van der Waals surface area contributed by atoms with Crippen LogP contribution in [0.25, 0.3) is 0 Å². The van der Waals surface area contributed by atoms with Crippen LogP contribution in [0.4, 0.5) is 11.4 Å². The number of hydrogen-bond acceptors (Lipinski definition) is 6. The number of hydrazine groups is 1. The third-order valence-corrected chi connectivity index (χ3v) is 3.21. The number of piperidine rings is 1. The number of carbonyl (C=O) groups excluding carboxylic acids is 2. The van der Waals surface area contributed by atoms with Crippen molar-refractivity contribution < 1.29 is 14.5 Å². The van der Waals surface area contributed by atoms with E-state index in [1.165, 1.54) is 18.2 Å². The van der Waals surface area contributed by atoms with E-state index >= 15 is 0 Å². The van der Waals surface area contributed by atoms with Crippen LogP contribution in [-0.2, 0) is 4.79 Å². The SMILES string of the molecule is NNc1ccc([N+](=O)[O-])c(C(=O)NC2CCC(=O)NC2)c1. The largest absolute Gasteiger partial charge is 0.354 e.